The number of anilines is 1. The van der Waals surface area contributed by atoms with Gasteiger partial charge in [-0.2, -0.15) is 0 Å². The monoisotopic (exact) mass is 475 g/mol. The number of aromatic nitrogens is 2. The fourth-order valence-electron chi connectivity index (χ4n) is 3.63. The Balaban J connectivity index is 1.41. The summed E-state index contributed by atoms with van der Waals surface area (Å²) in [4.78, 5) is 20.4. The first-order valence-electron chi connectivity index (χ1n) is 10.3. The second kappa shape index (κ2) is 9.39. The highest BCUT2D eigenvalue weighted by molar-refractivity contribution is 7.88. The number of pyridine rings is 1. The summed E-state index contributed by atoms with van der Waals surface area (Å²) >= 11 is 1.52. The summed E-state index contributed by atoms with van der Waals surface area (Å²) in [7, 11) is -1.60. The largest absolute Gasteiger partial charge is 0.457 e. The number of thiazole rings is 1. The second-order valence-corrected chi connectivity index (χ2v) is 10.7. The highest BCUT2D eigenvalue weighted by Crippen LogP contribution is 2.32. The Morgan fingerprint density at radius 3 is 2.88 bits per heavy atom. The molecule has 170 valence electrons. The molecule has 32 heavy (non-hydrogen) atoms. The Kier molecular flexibility index (Phi) is 6.58. The topological polar surface area (TPSA) is 114 Å². The molecule has 1 unspecified atom stereocenters. The molecule has 0 spiro atoms. The van der Waals surface area contributed by atoms with Gasteiger partial charge in [-0.15, -0.1) is 0 Å². The van der Waals surface area contributed by atoms with E-state index in [0.29, 0.717) is 31.1 Å². The molecule has 0 radical (unpaired) electrons. The Labute approximate surface area is 190 Å². The van der Waals surface area contributed by atoms with E-state index < -0.39 is 10.0 Å². The summed E-state index contributed by atoms with van der Waals surface area (Å²) in [5, 5.41) is 6.70. The number of carbonyl (C=O) groups is 1. The van der Waals surface area contributed by atoms with Gasteiger partial charge in [0, 0.05) is 45.0 Å². The van der Waals surface area contributed by atoms with Gasteiger partial charge in [0.2, 0.25) is 10.0 Å². The van der Waals surface area contributed by atoms with Gasteiger partial charge in [0.15, 0.2) is 5.13 Å². The number of hydrogen-bond acceptors (Lipinski definition) is 8. The molecule has 1 atom stereocenters. The SMILES string of the molecule is CNC(=O)c1cc(Oc2ccc3nc(NCC4CCCN(S(C)(=O)=O)C4)sc3c2)ccn1. The van der Waals surface area contributed by atoms with Gasteiger partial charge >= 0.3 is 0 Å². The van der Waals surface area contributed by atoms with Gasteiger partial charge in [-0.1, -0.05) is 11.3 Å². The van der Waals surface area contributed by atoms with Crippen LogP contribution in [-0.4, -0.2) is 61.5 Å². The summed E-state index contributed by atoms with van der Waals surface area (Å²) in [6, 6.07) is 8.91. The van der Waals surface area contributed by atoms with Crippen molar-refractivity contribution in [1.82, 2.24) is 19.6 Å². The molecule has 2 aromatic heterocycles. The number of nitrogens with one attached hydrogen (secondary N) is 2. The van der Waals surface area contributed by atoms with E-state index in [0.717, 1.165) is 28.2 Å². The number of benzene rings is 1. The van der Waals surface area contributed by atoms with Crippen LogP contribution < -0.4 is 15.4 Å². The number of piperidine rings is 1. The summed E-state index contributed by atoms with van der Waals surface area (Å²) in [6.45, 7) is 1.81. The van der Waals surface area contributed by atoms with Crippen LogP contribution in [0.25, 0.3) is 10.2 Å². The van der Waals surface area contributed by atoms with Crippen molar-refractivity contribution in [2.24, 2.45) is 5.92 Å². The van der Waals surface area contributed by atoms with Crippen molar-refractivity contribution >= 4 is 42.6 Å². The molecule has 4 rings (SSSR count). The van der Waals surface area contributed by atoms with E-state index in [1.165, 1.54) is 23.8 Å². The van der Waals surface area contributed by atoms with Gasteiger partial charge in [0.25, 0.3) is 5.91 Å². The molecule has 3 heterocycles. The van der Waals surface area contributed by atoms with Crippen LogP contribution in [0.5, 0.6) is 11.5 Å². The van der Waals surface area contributed by atoms with Crippen molar-refractivity contribution in [1.29, 1.82) is 0 Å². The minimum Gasteiger partial charge on any atom is -0.457 e. The third kappa shape index (κ3) is 5.34. The van der Waals surface area contributed by atoms with E-state index >= 15 is 0 Å². The number of carbonyl (C=O) groups excluding carboxylic acids is 1. The van der Waals surface area contributed by atoms with Crippen LogP contribution in [0.15, 0.2) is 36.5 Å². The van der Waals surface area contributed by atoms with E-state index in [1.54, 1.807) is 23.5 Å². The molecular weight excluding hydrogens is 450 g/mol. The van der Waals surface area contributed by atoms with E-state index in [-0.39, 0.29) is 17.5 Å². The molecule has 0 aliphatic carbocycles. The number of rotatable bonds is 7. The summed E-state index contributed by atoms with van der Waals surface area (Å²) in [5.74, 6) is 1.14. The van der Waals surface area contributed by atoms with Crippen LogP contribution in [0.3, 0.4) is 0 Å². The quantitative estimate of drug-likeness (QED) is 0.540. The van der Waals surface area contributed by atoms with Gasteiger partial charge in [0.05, 0.1) is 16.5 Å². The van der Waals surface area contributed by atoms with Gasteiger partial charge in [-0.3, -0.25) is 9.78 Å². The summed E-state index contributed by atoms with van der Waals surface area (Å²) in [6.07, 6.45) is 4.66. The molecule has 1 amide bonds. The number of hydrogen-bond donors (Lipinski definition) is 2. The first kappa shape index (κ1) is 22.4. The number of nitrogens with zero attached hydrogens (tertiary/aromatic N) is 3. The molecule has 1 aromatic carbocycles. The number of sulfonamides is 1. The average Bonchev–Trinajstić information content (AvgIpc) is 3.19. The third-order valence-electron chi connectivity index (χ3n) is 5.28. The summed E-state index contributed by atoms with van der Waals surface area (Å²) < 4.78 is 32.1. The van der Waals surface area contributed by atoms with Gasteiger partial charge < -0.3 is 15.4 Å². The maximum absolute atomic E-state index is 11.8. The van der Waals surface area contributed by atoms with E-state index in [1.807, 2.05) is 18.2 Å². The fraction of sp³-hybridized carbons (Fsp3) is 0.381. The van der Waals surface area contributed by atoms with Crippen LogP contribution in [0.2, 0.25) is 0 Å². The van der Waals surface area contributed by atoms with Crippen molar-refractivity contribution < 1.29 is 17.9 Å². The smallest absolute Gasteiger partial charge is 0.269 e. The maximum Gasteiger partial charge on any atom is 0.269 e. The molecule has 9 nitrogen and oxygen atoms in total. The van der Waals surface area contributed by atoms with Gasteiger partial charge in [-0.05, 0) is 37.0 Å². The molecule has 3 aromatic rings. The lowest BCUT2D eigenvalue weighted by Gasteiger charge is -2.30. The van der Waals surface area contributed by atoms with Crippen molar-refractivity contribution in [3.05, 3.63) is 42.2 Å². The fourth-order valence-corrected chi connectivity index (χ4v) is 5.48. The van der Waals surface area contributed by atoms with Crippen molar-refractivity contribution in [3.63, 3.8) is 0 Å². The third-order valence-corrected chi connectivity index (χ3v) is 7.52. The minimum absolute atomic E-state index is 0.255. The minimum atomic E-state index is -3.15. The Bertz CT molecular complexity index is 1230. The lowest BCUT2D eigenvalue weighted by molar-refractivity contribution is 0.0958. The number of ether oxygens (including phenoxy) is 1. The first-order chi connectivity index (χ1) is 15.3. The lowest BCUT2D eigenvalue weighted by atomic mass is 10.00. The first-order valence-corrected chi connectivity index (χ1v) is 12.9. The predicted molar refractivity (Wildman–Crippen MR) is 125 cm³/mol. The second-order valence-electron chi connectivity index (χ2n) is 7.72. The zero-order valence-electron chi connectivity index (χ0n) is 17.9. The molecule has 0 bridgehead atoms. The lowest BCUT2D eigenvalue weighted by Crippen LogP contribution is -2.41. The van der Waals surface area contributed by atoms with Crippen molar-refractivity contribution in [2.75, 3.05) is 38.3 Å². The number of fused-ring (bicyclic) bond motifs is 1. The Morgan fingerprint density at radius 1 is 1.28 bits per heavy atom. The molecule has 1 fully saturated rings. The molecular formula is C21H25N5O4S2. The van der Waals surface area contributed by atoms with E-state index in [2.05, 4.69) is 20.6 Å². The average molecular weight is 476 g/mol. The highest BCUT2D eigenvalue weighted by atomic mass is 32.2. The Morgan fingerprint density at radius 2 is 2.09 bits per heavy atom. The molecule has 1 saturated heterocycles. The van der Waals surface area contributed by atoms with Crippen LogP contribution in [0, 0.1) is 5.92 Å². The molecule has 1 aliphatic heterocycles. The standard InChI is InChI=1S/C21H25N5O4S2/c1-22-20(27)18-10-16(7-8-23-18)30-15-5-6-17-19(11-15)31-21(25-17)24-12-14-4-3-9-26(13-14)32(2,28)29/h5-8,10-11,14H,3-4,9,12-13H2,1-2H3,(H,22,27)(H,24,25). The van der Waals surface area contributed by atoms with Gasteiger partial charge in [-0.25, -0.2) is 17.7 Å². The van der Waals surface area contributed by atoms with E-state index in [4.69, 9.17) is 4.74 Å². The van der Waals surface area contributed by atoms with Crippen LogP contribution in [-0.2, 0) is 10.0 Å². The Hall–Kier alpha value is -2.76. The highest BCUT2D eigenvalue weighted by Gasteiger charge is 2.25. The van der Waals surface area contributed by atoms with Crippen LogP contribution in [0.1, 0.15) is 23.3 Å². The molecule has 2 N–H and O–H groups in total. The van der Waals surface area contributed by atoms with E-state index in [9.17, 15) is 13.2 Å². The zero-order valence-corrected chi connectivity index (χ0v) is 19.5. The van der Waals surface area contributed by atoms with Crippen molar-refractivity contribution in [3.8, 4) is 11.5 Å². The molecule has 1 aliphatic rings. The maximum atomic E-state index is 11.8. The normalized spacial score (nSPS) is 17.2. The van der Waals surface area contributed by atoms with Crippen molar-refractivity contribution in [2.45, 2.75) is 12.8 Å². The summed E-state index contributed by atoms with van der Waals surface area (Å²) in [5.41, 5.74) is 1.14. The van der Waals surface area contributed by atoms with Crippen LogP contribution in [0.4, 0.5) is 5.13 Å². The van der Waals surface area contributed by atoms with Crippen LogP contribution >= 0.6 is 11.3 Å². The zero-order chi connectivity index (χ0) is 22.7. The predicted octanol–water partition coefficient (Wildman–Crippen LogP) is 2.93. The number of amides is 1. The molecule has 11 heteroatoms. The van der Waals surface area contributed by atoms with Gasteiger partial charge in [0.1, 0.15) is 17.2 Å². The molecule has 0 saturated carbocycles.